The molecule has 0 radical (unpaired) electrons. The highest BCUT2D eigenvalue weighted by Gasteiger charge is 1.81. The van der Waals surface area contributed by atoms with Crippen LogP contribution in [0.4, 0.5) is 0 Å². The molecule has 0 aliphatic carbocycles. The van der Waals surface area contributed by atoms with Crippen LogP contribution in [0.3, 0.4) is 0 Å². The van der Waals surface area contributed by atoms with Crippen LogP contribution in [0.1, 0.15) is 10.5 Å². The number of pyridine rings is 1. The summed E-state index contributed by atoms with van der Waals surface area (Å²) in [4.78, 5) is 13.7. The van der Waals surface area contributed by atoms with Gasteiger partial charge in [0.2, 0.25) is 0 Å². The molecule has 0 fully saturated rings. The van der Waals surface area contributed by atoms with Gasteiger partial charge in [0.15, 0.2) is 6.29 Å². The first-order valence-electron chi connectivity index (χ1n) is 2.29. The van der Waals surface area contributed by atoms with E-state index in [9.17, 15) is 4.79 Å². The summed E-state index contributed by atoms with van der Waals surface area (Å²) >= 11 is 0. The molecular formula is C6H7Cl2NO. The maximum Gasteiger partial charge on any atom is 0.168 e. The number of nitrogens with zero attached hydrogens (tertiary/aromatic N) is 1. The first-order valence-corrected chi connectivity index (χ1v) is 2.29. The lowest BCUT2D eigenvalue weighted by atomic mass is 10.4. The molecule has 10 heavy (non-hydrogen) atoms. The second-order valence-corrected chi connectivity index (χ2v) is 1.37. The van der Waals surface area contributed by atoms with E-state index in [1.54, 1.807) is 24.4 Å². The fourth-order valence-corrected chi connectivity index (χ4v) is 0.446. The summed E-state index contributed by atoms with van der Waals surface area (Å²) in [7, 11) is 0. The number of hydrogen-bond donors (Lipinski definition) is 0. The fourth-order valence-electron chi connectivity index (χ4n) is 0.446. The van der Waals surface area contributed by atoms with Crippen LogP contribution >= 0.6 is 24.8 Å². The minimum atomic E-state index is 0. The first-order chi connectivity index (χ1) is 3.93. The largest absolute Gasteiger partial charge is 0.296 e. The molecular weight excluding hydrogens is 173 g/mol. The van der Waals surface area contributed by atoms with Crippen LogP contribution in [0, 0.1) is 0 Å². The summed E-state index contributed by atoms with van der Waals surface area (Å²) in [5.41, 5.74) is 0.479. The van der Waals surface area contributed by atoms with Crippen molar-refractivity contribution >= 4 is 31.1 Å². The zero-order valence-corrected chi connectivity index (χ0v) is 6.69. The van der Waals surface area contributed by atoms with Crippen molar-refractivity contribution in [2.24, 2.45) is 0 Å². The van der Waals surface area contributed by atoms with Gasteiger partial charge in [-0.05, 0) is 12.1 Å². The van der Waals surface area contributed by atoms with Crippen LogP contribution in [-0.2, 0) is 0 Å². The molecule has 1 aromatic heterocycles. The molecule has 1 heterocycles. The van der Waals surface area contributed by atoms with Gasteiger partial charge in [-0.25, -0.2) is 0 Å². The van der Waals surface area contributed by atoms with Gasteiger partial charge in [0.25, 0.3) is 0 Å². The van der Waals surface area contributed by atoms with Crippen molar-refractivity contribution in [3.05, 3.63) is 30.1 Å². The van der Waals surface area contributed by atoms with Crippen LogP contribution < -0.4 is 0 Å². The monoisotopic (exact) mass is 179 g/mol. The number of halogens is 2. The van der Waals surface area contributed by atoms with E-state index in [4.69, 9.17) is 0 Å². The number of carbonyl (C=O) groups excluding carboxylic acids is 1. The van der Waals surface area contributed by atoms with Crippen molar-refractivity contribution in [1.82, 2.24) is 4.98 Å². The second-order valence-electron chi connectivity index (χ2n) is 1.37. The zero-order valence-electron chi connectivity index (χ0n) is 5.06. The summed E-state index contributed by atoms with van der Waals surface area (Å²) in [5.74, 6) is 0. The van der Waals surface area contributed by atoms with Gasteiger partial charge in [-0.1, -0.05) is 6.07 Å². The van der Waals surface area contributed by atoms with Gasteiger partial charge in [-0.15, -0.1) is 24.8 Å². The Hall–Kier alpha value is -0.600. The Bertz CT molecular complexity index is 178. The van der Waals surface area contributed by atoms with E-state index in [1.165, 1.54) is 0 Å². The van der Waals surface area contributed by atoms with Gasteiger partial charge >= 0.3 is 0 Å². The van der Waals surface area contributed by atoms with Crippen LogP contribution in [0.15, 0.2) is 24.4 Å². The van der Waals surface area contributed by atoms with Gasteiger partial charge in [0, 0.05) is 6.20 Å². The van der Waals surface area contributed by atoms with Crippen molar-refractivity contribution in [2.75, 3.05) is 0 Å². The lowest BCUT2D eigenvalue weighted by Gasteiger charge is -1.81. The van der Waals surface area contributed by atoms with Gasteiger partial charge in [0.1, 0.15) is 5.69 Å². The smallest absolute Gasteiger partial charge is 0.168 e. The van der Waals surface area contributed by atoms with Gasteiger partial charge in [-0.2, -0.15) is 0 Å². The summed E-state index contributed by atoms with van der Waals surface area (Å²) in [5, 5.41) is 0. The van der Waals surface area contributed by atoms with Crippen molar-refractivity contribution in [2.45, 2.75) is 0 Å². The third-order valence-electron chi connectivity index (χ3n) is 0.809. The molecule has 56 valence electrons. The van der Waals surface area contributed by atoms with E-state index in [0.29, 0.717) is 5.69 Å². The minimum absolute atomic E-state index is 0. The molecule has 0 spiro atoms. The fraction of sp³-hybridized carbons (Fsp3) is 0. The molecule has 2 nitrogen and oxygen atoms in total. The summed E-state index contributed by atoms with van der Waals surface area (Å²) in [6.07, 6.45) is 2.31. The quantitative estimate of drug-likeness (QED) is 0.616. The predicted molar refractivity (Wildman–Crippen MR) is 44.1 cm³/mol. The van der Waals surface area contributed by atoms with Gasteiger partial charge in [-0.3, -0.25) is 9.78 Å². The SMILES string of the molecule is Cl.Cl.O=Cc1ccccn1. The highest BCUT2D eigenvalue weighted by atomic mass is 35.5. The molecule has 1 rings (SSSR count). The number of hydrogen-bond acceptors (Lipinski definition) is 2. The Kier molecular flexibility index (Phi) is 7.90. The molecule has 0 aliphatic rings. The number of carbonyl (C=O) groups is 1. The van der Waals surface area contributed by atoms with Crippen molar-refractivity contribution in [1.29, 1.82) is 0 Å². The van der Waals surface area contributed by atoms with Gasteiger partial charge in [0.05, 0.1) is 0 Å². The maximum absolute atomic E-state index is 9.94. The lowest BCUT2D eigenvalue weighted by Crippen LogP contribution is -1.80. The second kappa shape index (κ2) is 6.52. The van der Waals surface area contributed by atoms with Crippen LogP contribution in [0.2, 0.25) is 0 Å². The third kappa shape index (κ3) is 3.43. The molecule has 0 bridgehead atoms. The summed E-state index contributed by atoms with van der Waals surface area (Å²) in [6, 6.07) is 5.21. The molecule has 1 aromatic rings. The highest BCUT2D eigenvalue weighted by molar-refractivity contribution is 5.85. The average molecular weight is 180 g/mol. The van der Waals surface area contributed by atoms with Gasteiger partial charge < -0.3 is 0 Å². The van der Waals surface area contributed by atoms with Crippen molar-refractivity contribution < 1.29 is 4.79 Å². The third-order valence-corrected chi connectivity index (χ3v) is 0.809. The molecule has 0 unspecified atom stereocenters. The lowest BCUT2D eigenvalue weighted by molar-refractivity contribution is 0.111. The topological polar surface area (TPSA) is 30.0 Å². The van der Waals surface area contributed by atoms with E-state index < -0.39 is 0 Å². The van der Waals surface area contributed by atoms with E-state index in [2.05, 4.69) is 4.98 Å². The molecule has 0 N–H and O–H groups in total. The Morgan fingerprint density at radius 1 is 1.30 bits per heavy atom. The zero-order chi connectivity index (χ0) is 5.82. The normalized spacial score (nSPS) is 6.80. The maximum atomic E-state index is 9.94. The molecule has 0 saturated carbocycles. The highest BCUT2D eigenvalue weighted by Crippen LogP contribution is 1.85. The molecule has 0 atom stereocenters. The Labute approximate surface area is 71.5 Å². The number of aldehydes is 1. The summed E-state index contributed by atoms with van der Waals surface area (Å²) in [6.45, 7) is 0. The van der Waals surface area contributed by atoms with E-state index in [1.807, 2.05) is 0 Å². The molecule has 0 saturated heterocycles. The van der Waals surface area contributed by atoms with Crippen LogP contribution in [-0.4, -0.2) is 11.3 Å². The Balaban J connectivity index is 0. The first kappa shape index (κ1) is 12.1. The molecule has 0 amide bonds. The Morgan fingerprint density at radius 3 is 2.30 bits per heavy atom. The molecule has 4 heteroatoms. The van der Waals surface area contributed by atoms with Crippen LogP contribution in [0.5, 0.6) is 0 Å². The molecule has 0 aromatic carbocycles. The minimum Gasteiger partial charge on any atom is -0.296 e. The number of rotatable bonds is 1. The summed E-state index contributed by atoms with van der Waals surface area (Å²) < 4.78 is 0. The Morgan fingerprint density at radius 2 is 2.00 bits per heavy atom. The van der Waals surface area contributed by atoms with Crippen molar-refractivity contribution in [3.63, 3.8) is 0 Å². The van der Waals surface area contributed by atoms with E-state index in [0.717, 1.165) is 6.29 Å². The predicted octanol–water partition coefficient (Wildman–Crippen LogP) is 1.74. The van der Waals surface area contributed by atoms with E-state index >= 15 is 0 Å². The van der Waals surface area contributed by atoms with Crippen LogP contribution in [0.25, 0.3) is 0 Å². The molecule has 0 aliphatic heterocycles. The van der Waals surface area contributed by atoms with E-state index in [-0.39, 0.29) is 24.8 Å². The standard InChI is InChI=1S/C6H5NO.2ClH/c8-5-6-3-1-2-4-7-6;;/h1-5H;2*1H. The van der Waals surface area contributed by atoms with Crippen molar-refractivity contribution in [3.8, 4) is 0 Å². The number of aromatic nitrogens is 1. The average Bonchev–Trinajstić information content (AvgIpc) is 1.90.